The first-order valence-corrected chi connectivity index (χ1v) is 12.8. The number of hydrogen-bond donors (Lipinski definition) is 2. The first-order valence-electron chi connectivity index (χ1n) is 10.8. The van der Waals surface area contributed by atoms with E-state index in [1.807, 2.05) is 0 Å². The number of thiocarbonyl (C=S) groups is 1. The van der Waals surface area contributed by atoms with Crippen LogP contribution in [0.25, 0.3) is 11.3 Å². The van der Waals surface area contributed by atoms with Gasteiger partial charge in [0.05, 0.1) is 15.6 Å². The van der Waals surface area contributed by atoms with Gasteiger partial charge in [0.15, 0.2) is 10.9 Å². The van der Waals surface area contributed by atoms with E-state index in [9.17, 15) is 10.1 Å². The molecule has 1 aliphatic carbocycles. The number of hydrogen-bond acceptors (Lipinski definition) is 5. The van der Waals surface area contributed by atoms with Crippen molar-refractivity contribution in [2.45, 2.75) is 40.0 Å². The molecule has 0 saturated heterocycles. The molecule has 3 aromatic rings. The lowest BCUT2D eigenvalue weighted by molar-refractivity contribution is 0.0951. The molecule has 0 bridgehead atoms. The van der Waals surface area contributed by atoms with Crippen LogP contribution >= 0.6 is 46.8 Å². The summed E-state index contributed by atoms with van der Waals surface area (Å²) in [4.78, 5) is 13.9. The molecule has 9 heteroatoms. The summed E-state index contributed by atoms with van der Waals surface area (Å²) in [6.07, 6.45) is 2.88. The number of carbonyl (C=O) groups is 1. The van der Waals surface area contributed by atoms with Crippen LogP contribution in [0.3, 0.4) is 0 Å². The summed E-state index contributed by atoms with van der Waals surface area (Å²) in [5, 5.41) is 17.1. The maximum absolute atomic E-state index is 12.7. The highest BCUT2D eigenvalue weighted by atomic mass is 35.5. The molecule has 0 unspecified atom stereocenters. The highest BCUT2D eigenvalue weighted by Crippen LogP contribution is 2.44. The van der Waals surface area contributed by atoms with Crippen molar-refractivity contribution < 1.29 is 9.21 Å². The molecule has 34 heavy (non-hydrogen) atoms. The SMILES string of the molecule is CC(C)(C)[C@H]1CCc2c(sc(NC(=S)NC(=O)c3ccc(-c4ccc(Cl)c(Cl)c4)o3)c2C#N)C1. The Balaban J connectivity index is 1.45. The number of anilines is 1. The van der Waals surface area contributed by atoms with Crippen molar-refractivity contribution in [1.29, 1.82) is 5.26 Å². The van der Waals surface area contributed by atoms with Gasteiger partial charge in [-0.15, -0.1) is 11.3 Å². The van der Waals surface area contributed by atoms with Gasteiger partial charge in [-0.2, -0.15) is 5.26 Å². The molecule has 1 amide bonds. The van der Waals surface area contributed by atoms with Crippen molar-refractivity contribution in [3.8, 4) is 17.4 Å². The summed E-state index contributed by atoms with van der Waals surface area (Å²) in [5.41, 5.74) is 2.63. The molecule has 5 nitrogen and oxygen atoms in total. The summed E-state index contributed by atoms with van der Waals surface area (Å²) < 4.78 is 5.68. The second-order valence-electron chi connectivity index (χ2n) is 9.33. The Hall–Kier alpha value is -2.37. The van der Waals surface area contributed by atoms with E-state index in [1.165, 1.54) is 4.88 Å². The van der Waals surface area contributed by atoms with Gasteiger partial charge >= 0.3 is 0 Å². The largest absolute Gasteiger partial charge is 0.451 e. The first kappa shape index (κ1) is 24.7. The zero-order valence-corrected chi connectivity index (χ0v) is 22.1. The Morgan fingerprint density at radius 1 is 1.24 bits per heavy atom. The van der Waals surface area contributed by atoms with E-state index in [4.69, 9.17) is 39.8 Å². The second kappa shape index (κ2) is 9.71. The average molecular weight is 533 g/mol. The standard InChI is InChI=1S/C25H23Cl2N3O2S2/c1-25(2,3)14-5-6-15-16(12-28)23(34-21(15)11-14)30-24(33)29-22(31)20-9-8-19(32-20)13-4-7-17(26)18(27)10-13/h4,7-10,14H,5-6,11H2,1-3H3,(H2,29,30,31,33)/t14-/m0/s1. The topological polar surface area (TPSA) is 78.1 Å². The van der Waals surface area contributed by atoms with Crippen LogP contribution in [0.15, 0.2) is 34.7 Å². The number of halogens is 2. The van der Waals surface area contributed by atoms with Gasteiger partial charge in [0.25, 0.3) is 5.91 Å². The molecule has 2 aromatic heterocycles. The maximum atomic E-state index is 12.7. The summed E-state index contributed by atoms with van der Waals surface area (Å²) >= 11 is 18.9. The lowest BCUT2D eigenvalue weighted by Crippen LogP contribution is -2.33. The van der Waals surface area contributed by atoms with Crippen LogP contribution in [0.1, 0.15) is 53.8 Å². The Morgan fingerprint density at radius 2 is 2.00 bits per heavy atom. The fourth-order valence-electron chi connectivity index (χ4n) is 4.10. The van der Waals surface area contributed by atoms with Gasteiger partial charge in [-0.05, 0) is 78.7 Å². The lowest BCUT2D eigenvalue weighted by atomic mass is 9.72. The van der Waals surface area contributed by atoms with E-state index in [0.717, 1.165) is 24.8 Å². The van der Waals surface area contributed by atoms with Gasteiger partial charge in [-0.3, -0.25) is 10.1 Å². The molecular weight excluding hydrogens is 509 g/mol. The summed E-state index contributed by atoms with van der Waals surface area (Å²) in [6, 6.07) is 10.6. The van der Waals surface area contributed by atoms with Crippen LogP contribution in [-0.4, -0.2) is 11.0 Å². The summed E-state index contributed by atoms with van der Waals surface area (Å²) in [7, 11) is 0. The van der Waals surface area contributed by atoms with Gasteiger partial charge in [-0.25, -0.2) is 0 Å². The van der Waals surface area contributed by atoms with Crippen LogP contribution in [0.2, 0.25) is 10.0 Å². The Bertz CT molecular complexity index is 1310. The minimum absolute atomic E-state index is 0.101. The number of nitrogens with zero attached hydrogens (tertiary/aromatic N) is 1. The number of nitrogens with one attached hydrogen (secondary N) is 2. The molecule has 1 aliphatic rings. The molecule has 0 aliphatic heterocycles. The molecule has 0 fully saturated rings. The number of fused-ring (bicyclic) bond motifs is 1. The Morgan fingerprint density at radius 3 is 2.68 bits per heavy atom. The third-order valence-corrected chi connectivity index (χ3v) is 8.20. The van der Waals surface area contributed by atoms with Crippen molar-refractivity contribution in [2.24, 2.45) is 11.3 Å². The van der Waals surface area contributed by atoms with E-state index in [1.54, 1.807) is 41.7 Å². The number of carbonyl (C=O) groups excluding carboxylic acids is 1. The predicted molar refractivity (Wildman–Crippen MR) is 142 cm³/mol. The third kappa shape index (κ3) is 5.16. The molecule has 0 spiro atoms. The van der Waals surface area contributed by atoms with Gasteiger partial charge in [0.2, 0.25) is 0 Å². The Kier molecular flexibility index (Phi) is 7.07. The summed E-state index contributed by atoms with van der Waals surface area (Å²) in [6.45, 7) is 6.77. The van der Waals surface area contributed by atoms with Crippen LogP contribution in [0.5, 0.6) is 0 Å². The highest BCUT2D eigenvalue weighted by Gasteiger charge is 2.32. The Labute approximate surface area is 218 Å². The van der Waals surface area contributed by atoms with Gasteiger partial charge in [0, 0.05) is 10.4 Å². The van der Waals surface area contributed by atoms with Gasteiger partial charge < -0.3 is 9.73 Å². The van der Waals surface area contributed by atoms with Gasteiger partial charge in [-0.1, -0.05) is 44.0 Å². The molecule has 4 rings (SSSR count). The van der Waals surface area contributed by atoms with E-state index in [2.05, 4.69) is 37.5 Å². The van der Waals surface area contributed by atoms with E-state index in [-0.39, 0.29) is 16.3 Å². The van der Waals surface area contributed by atoms with Crippen molar-refractivity contribution in [2.75, 3.05) is 5.32 Å². The van der Waals surface area contributed by atoms with Crippen molar-refractivity contribution in [3.05, 3.63) is 62.1 Å². The number of nitriles is 1. The zero-order valence-electron chi connectivity index (χ0n) is 18.9. The lowest BCUT2D eigenvalue weighted by Gasteiger charge is -2.33. The molecule has 0 radical (unpaired) electrons. The van der Waals surface area contributed by atoms with Gasteiger partial charge in [0.1, 0.15) is 16.8 Å². The quantitative estimate of drug-likeness (QED) is 0.342. The maximum Gasteiger partial charge on any atom is 0.293 e. The zero-order chi connectivity index (χ0) is 24.6. The smallest absolute Gasteiger partial charge is 0.293 e. The molecule has 2 heterocycles. The normalized spacial score (nSPS) is 15.4. The minimum Gasteiger partial charge on any atom is -0.451 e. The number of furan rings is 1. The highest BCUT2D eigenvalue weighted by molar-refractivity contribution is 7.80. The summed E-state index contributed by atoms with van der Waals surface area (Å²) in [5.74, 6) is 0.655. The predicted octanol–water partition coefficient (Wildman–Crippen LogP) is 7.46. The molecular formula is C25H23Cl2N3O2S2. The fourth-order valence-corrected chi connectivity index (χ4v) is 5.93. The first-order chi connectivity index (χ1) is 16.1. The van der Waals surface area contributed by atoms with Crippen LogP contribution in [-0.2, 0) is 12.8 Å². The van der Waals surface area contributed by atoms with Crippen LogP contribution in [0.4, 0.5) is 5.00 Å². The number of thiophene rings is 1. The van der Waals surface area contributed by atoms with Crippen molar-refractivity contribution in [1.82, 2.24) is 5.32 Å². The van der Waals surface area contributed by atoms with E-state index < -0.39 is 5.91 Å². The minimum atomic E-state index is -0.489. The molecule has 1 atom stereocenters. The van der Waals surface area contributed by atoms with Crippen LogP contribution < -0.4 is 10.6 Å². The average Bonchev–Trinajstić information content (AvgIpc) is 3.39. The molecule has 176 valence electrons. The van der Waals surface area contributed by atoms with E-state index in [0.29, 0.717) is 37.9 Å². The third-order valence-electron chi connectivity index (χ3n) is 6.09. The molecule has 1 aromatic carbocycles. The number of rotatable bonds is 3. The number of benzene rings is 1. The van der Waals surface area contributed by atoms with Crippen molar-refractivity contribution >= 4 is 62.8 Å². The number of amides is 1. The molecule has 2 N–H and O–H groups in total. The van der Waals surface area contributed by atoms with Crippen molar-refractivity contribution in [3.63, 3.8) is 0 Å². The monoisotopic (exact) mass is 531 g/mol. The second-order valence-corrected chi connectivity index (χ2v) is 11.7. The van der Waals surface area contributed by atoms with E-state index >= 15 is 0 Å². The molecule has 0 saturated carbocycles. The van der Waals surface area contributed by atoms with Crippen LogP contribution in [0, 0.1) is 22.7 Å². The fraction of sp³-hybridized carbons (Fsp3) is 0.320.